The molecule has 5 nitrogen and oxygen atoms in total. The van der Waals surface area contributed by atoms with Gasteiger partial charge in [-0.15, -0.1) is 11.8 Å². The monoisotopic (exact) mass is 341 g/mol. The van der Waals surface area contributed by atoms with Crippen molar-refractivity contribution in [1.82, 2.24) is 14.7 Å². The first kappa shape index (κ1) is 16.4. The van der Waals surface area contributed by atoms with Crippen LogP contribution in [0.1, 0.15) is 11.4 Å². The first-order chi connectivity index (χ1) is 11.7. The summed E-state index contributed by atoms with van der Waals surface area (Å²) in [7, 11) is 1.63. The van der Waals surface area contributed by atoms with E-state index in [1.165, 1.54) is 11.8 Å². The molecule has 0 aliphatic rings. The molecule has 0 aliphatic carbocycles. The number of pyridine rings is 1. The zero-order valence-electron chi connectivity index (χ0n) is 13.7. The van der Waals surface area contributed by atoms with E-state index in [-0.39, 0.29) is 5.91 Å². The number of ether oxygens (including phenoxy) is 1. The Morgan fingerprint density at radius 3 is 2.92 bits per heavy atom. The summed E-state index contributed by atoms with van der Waals surface area (Å²) in [6.07, 6.45) is 1.96. The number of hydrogen-bond acceptors (Lipinski definition) is 4. The number of hydrogen-bond donors (Lipinski definition) is 1. The molecular formula is C18H19N3O2S. The van der Waals surface area contributed by atoms with Crippen LogP contribution in [0.5, 0.6) is 5.75 Å². The SMILES string of the molecule is COc1cccc(SCC(=O)NCc2cn3c(C)cccc3n2)c1. The van der Waals surface area contributed by atoms with Gasteiger partial charge in [0.15, 0.2) is 0 Å². The van der Waals surface area contributed by atoms with Gasteiger partial charge in [-0.25, -0.2) is 4.98 Å². The molecule has 0 aliphatic heterocycles. The lowest BCUT2D eigenvalue weighted by molar-refractivity contribution is -0.118. The number of carbonyl (C=O) groups excluding carboxylic acids is 1. The predicted octanol–water partition coefficient (Wildman–Crippen LogP) is 3.06. The van der Waals surface area contributed by atoms with E-state index < -0.39 is 0 Å². The quantitative estimate of drug-likeness (QED) is 0.700. The summed E-state index contributed by atoms with van der Waals surface area (Å²) < 4.78 is 7.20. The van der Waals surface area contributed by atoms with E-state index in [4.69, 9.17) is 4.74 Å². The van der Waals surface area contributed by atoms with Gasteiger partial charge >= 0.3 is 0 Å². The largest absolute Gasteiger partial charge is 0.497 e. The molecule has 1 N–H and O–H groups in total. The lowest BCUT2D eigenvalue weighted by Crippen LogP contribution is -2.24. The van der Waals surface area contributed by atoms with Crippen LogP contribution in [0.15, 0.2) is 53.6 Å². The van der Waals surface area contributed by atoms with Crippen LogP contribution >= 0.6 is 11.8 Å². The van der Waals surface area contributed by atoms with Crippen molar-refractivity contribution in [3.05, 3.63) is 60.0 Å². The Labute approximate surface area is 145 Å². The van der Waals surface area contributed by atoms with E-state index >= 15 is 0 Å². The number of imidazole rings is 1. The number of benzene rings is 1. The van der Waals surface area contributed by atoms with E-state index in [1.807, 2.05) is 60.0 Å². The summed E-state index contributed by atoms with van der Waals surface area (Å²) in [5.74, 6) is 1.14. The predicted molar refractivity (Wildman–Crippen MR) is 95.5 cm³/mol. The number of nitrogens with zero attached hydrogens (tertiary/aromatic N) is 2. The molecule has 2 aromatic heterocycles. The highest BCUT2D eigenvalue weighted by Crippen LogP contribution is 2.22. The third-order valence-electron chi connectivity index (χ3n) is 3.62. The summed E-state index contributed by atoms with van der Waals surface area (Å²) in [6.45, 7) is 2.46. The van der Waals surface area contributed by atoms with Crippen LogP contribution in [0, 0.1) is 6.92 Å². The van der Waals surface area contributed by atoms with E-state index in [0.717, 1.165) is 27.7 Å². The van der Waals surface area contributed by atoms with Gasteiger partial charge in [0.05, 0.1) is 25.1 Å². The van der Waals surface area contributed by atoms with Gasteiger partial charge in [0.1, 0.15) is 11.4 Å². The molecule has 0 saturated heterocycles. The highest BCUT2D eigenvalue weighted by atomic mass is 32.2. The van der Waals surface area contributed by atoms with Crippen molar-refractivity contribution in [1.29, 1.82) is 0 Å². The van der Waals surface area contributed by atoms with E-state index in [1.54, 1.807) is 7.11 Å². The molecule has 24 heavy (non-hydrogen) atoms. The molecular weight excluding hydrogens is 322 g/mol. The van der Waals surface area contributed by atoms with Crippen LogP contribution in [0.3, 0.4) is 0 Å². The lowest BCUT2D eigenvalue weighted by atomic mass is 10.3. The van der Waals surface area contributed by atoms with Gasteiger partial charge in [0, 0.05) is 16.8 Å². The molecule has 1 aromatic carbocycles. The number of aromatic nitrogens is 2. The number of amides is 1. The molecule has 0 atom stereocenters. The van der Waals surface area contributed by atoms with Crippen LogP contribution in [-0.4, -0.2) is 28.2 Å². The third-order valence-corrected chi connectivity index (χ3v) is 4.62. The topological polar surface area (TPSA) is 55.6 Å². The van der Waals surface area contributed by atoms with Gasteiger partial charge in [-0.05, 0) is 37.3 Å². The standard InChI is InChI=1S/C18H19N3O2S/c1-13-5-3-8-17-20-14(11-21(13)17)10-19-18(22)12-24-16-7-4-6-15(9-16)23-2/h3-9,11H,10,12H2,1-2H3,(H,19,22). The molecule has 0 saturated carbocycles. The second-order valence-corrected chi connectivity index (χ2v) is 6.42. The maximum absolute atomic E-state index is 12.0. The second kappa shape index (κ2) is 7.40. The van der Waals surface area contributed by atoms with Crippen LogP contribution < -0.4 is 10.1 Å². The molecule has 124 valence electrons. The Hall–Kier alpha value is -2.47. The van der Waals surface area contributed by atoms with Crippen molar-refractivity contribution in [2.24, 2.45) is 0 Å². The lowest BCUT2D eigenvalue weighted by Gasteiger charge is -2.05. The smallest absolute Gasteiger partial charge is 0.230 e. The molecule has 3 aromatic rings. The van der Waals surface area contributed by atoms with Crippen molar-refractivity contribution < 1.29 is 9.53 Å². The molecule has 0 fully saturated rings. The Bertz CT molecular complexity index is 860. The summed E-state index contributed by atoms with van der Waals surface area (Å²) in [5, 5.41) is 2.91. The molecule has 0 bridgehead atoms. The number of methoxy groups -OCH3 is 1. The second-order valence-electron chi connectivity index (χ2n) is 5.37. The van der Waals surface area contributed by atoms with Gasteiger partial charge in [-0.2, -0.15) is 0 Å². The Morgan fingerprint density at radius 2 is 2.12 bits per heavy atom. The molecule has 3 rings (SSSR count). The van der Waals surface area contributed by atoms with Crippen molar-refractivity contribution >= 4 is 23.3 Å². The summed E-state index contributed by atoms with van der Waals surface area (Å²) in [6, 6.07) is 13.6. The fourth-order valence-electron chi connectivity index (χ4n) is 2.36. The first-order valence-electron chi connectivity index (χ1n) is 7.63. The summed E-state index contributed by atoms with van der Waals surface area (Å²) >= 11 is 1.48. The number of rotatable bonds is 6. The zero-order chi connectivity index (χ0) is 16.9. The van der Waals surface area contributed by atoms with E-state index in [2.05, 4.69) is 10.3 Å². The Balaban J connectivity index is 1.54. The fourth-order valence-corrected chi connectivity index (χ4v) is 3.14. The summed E-state index contributed by atoms with van der Waals surface area (Å²) in [5.41, 5.74) is 2.86. The minimum atomic E-state index is -0.0170. The van der Waals surface area contributed by atoms with Crippen molar-refractivity contribution in [3.63, 3.8) is 0 Å². The van der Waals surface area contributed by atoms with Gasteiger partial charge in [0.25, 0.3) is 0 Å². The van der Waals surface area contributed by atoms with Gasteiger partial charge in [-0.1, -0.05) is 12.1 Å². The fraction of sp³-hybridized carbons (Fsp3) is 0.222. The van der Waals surface area contributed by atoms with Crippen molar-refractivity contribution in [2.45, 2.75) is 18.4 Å². The van der Waals surface area contributed by atoms with Crippen molar-refractivity contribution in [2.75, 3.05) is 12.9 Å². The highest BCUT2D eigenvalue weighted by Gasteiger charge is 2.07. The Morgan fingerprint density at radius 1 is 1.29 bits per heavy atom. The third kappa shape index (κ3) is 3.89. The molecule has 0 spiro atoms. The van der Waals surface area contributed by atoms with Gasteiger partial charge in [-0.3, -0.25) is 4.79 Å². The summed E-state index contributed by atoms with van der Waals surface area (Å²) in [4.78, 5) is 17.5. The minimum Gasteiger partial charge on any atom is -0.497 e. The minimum absolute atomic E-state index is 0.0170. The number of fused-ring (bicyclic) bond motifs is 1. The number of nitrogens with one attached hydrogen (secondary N) is 1. The molecule has 1 amide bonds. The molecule has 2 heterocycles. The van der Waals surface area contributed by atoms with E-state index in [9.17, 15) is 4.79 Å². The van der Waals surface area contributed by atoms with Crippen LogP contribution in [0.4, 0.5) is 0 Å². The zero-order valence-corrected chi connectivity index (χ0v) is 14.5. The number of aryl methyl sites for hydroxylation is 1. The maximum Gasteiger partial charge on any atom is 0.230 e. The average molecular weight is 341 g/mol. The maximum atomic E-state index is 12.0. The molecule has 0 radical (unpaired) electrons. The highest BCUT2D eigenvalue weighted by molar-refractivity contribution is 8.00. The van der Waals surface area contributed by atoms with Crippen molar-refractivity contribution in [3.8, 4) is 5.75 Å². The number of thioether (sulfide) groups is 1. The first-order valence-corrected chi connectivity index (χ1v) is 8.61. The average Bonchev–Trinajstić information content (AvgIpc) is 3.03. The van der Waals surface area contributed by atoms with Crippen LogP contribution in [0.2, 0.25) is 0 Å². The van der Waals surface area contributed by atoms with Crippen LogP contribution in [-0.2, 0) is 11.3 Å². The molecule has 6 heteroatoms. The number of carbonyl (C=O) groups is 1. The Kier molecular flexibility index (Phi) is 5.05. The molecule has 0 unspecified atom stereocenters. The van der Waals surface area contributed by atoms with Gasteiger partial charge < -0.3 is 14.5 Å². The van der Waals surface area contributed by atoms with E-state index in [0.29, 0.717) is 12.3 Å². The normalized spacial score (nSPS) is 10.8. The van der Waals surface area contributed by atoms with Gasteiger partial charge in [0.2, 0.25) is 5.91 Å². The van der Waals surface area contributed by atoms with Crippen LogP contribution in [0.25, 0.3) is 5.65 Å².